The van der Waals surface area contributed by atoms with Crippen LogP contribution in [0.15, 0.2) is 27.4 Å². The predicted octanol–water partition coefficient (Wildman–Crippen LogP) is 0.340. The molecule has 0 amide bonds. The van der Waals surface area contributed by atoms with Gasteiger partial charge in [0, 0.05) is 25.0 Å². The third-order valence-electron chi connectivity index (χ3n) is 3.15. The van der Waals surface area contributed by atoms with Gasteiger partial charge in [-0.25, -0.2) is 4.79 Å². The van der Waals surface area contributed by atoms with Crippen molar-refractivity contribution in [3.05, 3.63) is 34.3 Å². The summed E-state index contributed by atoms with van der Waals surface area (Å²) in [6.07, 6.45) is 0. The summed E-state index contributed by atoms with van der Waals surface area (Å²) in [5.74, 6) is 0.0501. The van der Waals surface area contributed by atoms with E-state index in [1.165, 1.54) is 0 Å². The van der Waals surface area contributed by atoms with Gasteiger partial charge in [0.05, 0.1) is 5.52 Å². The number of hydrogen-bond acceptors (Lipinski definition) is 4. The molecule has 0 saturated carbocycles. The molecule has 1 aliphatic heterocycles. The lowest BCUT2D eigenvalue weighted by Gasteiger charge is -2.32. The van der Waals surface area contributed by atoms with E-state index in [1.54, 1.807) is 0 Å². The zero-order valence-corrected chi connectivity index (χ0v) is 8.69. The summed E-state index contributed by atoms with van der Waals surface area (Å²) in [5, 5.41) is 3.19. The van der Waals surface area contributed by atoms with E-state index in [9.17, 15) is 4.79 Å². The molecule has 1 saturated heterocycles. The fourth-order valence-electron chi connectivity index (χ4n) is 2.01. The first-order chi connectivity index (χ1) is 7.74. The first-order valence-corrected chi connectivity index (χ1v) is 5.33. The predicted molar refractivity (Wildman–Crippen MR) is 60.1 cm³/mol. The van der Waals surface area contributed by atoms with Crippen molar-refractivity contribution in [1.29, 1.82) is 0 Å². The number of hydrogen-bond donors (Lipinski definition) is 3. The highest BCUT2D eigenvalue weighted by atomic mass is 16.4. The molecular formula is C11H13N3O2. The first-order valence-electron chi connectivity index (χ1n) is 5.33. The lowest BCUT2D eigenvalue weighted by Crippen LogP contribution is -2.47. The number of aromatic amines is 1. The number of oxazole rings is 1. The number of benzene rings is 1. The molecule has 16 heavy (non-hydrogen) atoms. The second-order valence-corrected chi connectivity index (χ2v) is 4.21. The monoisotopic (exact) mass is 219 g/mol. The zero-order chi connectivity index (χ0) is 11.1. The highest BCUT2D eigenvalue weighted by Gasteiger charge is 2.25. The minimum Gasteiger partial charge on any atom is -0.408 e. The van der Waals surface area contributed by atoms with E-state index in [1.807, 2.05) is 18.2 Å². The van der Waals surface area contributed by atoms with Crippen molar-refractivity contribution in [3.63, 3.8) is 0 Å². The standard InChI is InChI=1S/C11H13N3O2/c12-10(7-4-13-5-7)6-1-2-8-9(3-6)16-11(15)14-8/h1-3,7,10,13H,4-5,12H2,(H,14,15). The number of rotatable bonds is 2. The zero-order valence-electron chi connectivity index (χ0n) is 8.69. The third kappa shape index (κ3) is 1.45. The molecule has 3 rings (SSSR count). The van der Waals surface area contributed by atoms with Gasteiger partial charge in [-0.1, -0.05) is 6.07 Å². The molecule has 1 aromatic carbocycles. The Morgan fingerprint density at radius 2 is 2.25 bits per heavy atom. The van der Waals surface area contributed by atoms with Crippen molar-refractivity contribution >= 4 is 11.1 Å². The summed E-state index contributed by atoms with van der Waals surface area (Å²) in [5.41, 5.74) is 8.43. The van der Waals surface area contributed by atoms with Crippen LogP contribution in [0.2, 0.25) is 0 Å². The van der Waals surface area contributed by atoms with Gasteiger partial charge in [0.25, 0.3) is 0 Å². The van der Waals surface area contributed by atoms with E-state index in [0.29, 0.717) is 17.0 Å². The van der Waals surface area contributed by atoms with Crippen LogP contribution >= 0.6 is 0 Å². The van der Waals surface area contributed by atoms with Crippen LogP contribution in [0.4, 0.5) is 0 Å². The normalized spacial score (nSPS) is 18.6. The summed E-state index contributed by atoms with van der Waals surface area (Å²) in [6, 6.07) is 5.62. The SMILES string of the molecule is NC(c1ccc2[nH]c(=O)oc2c1)C1CNC1. The fraction of sp³-hybridized carbons (Fsp3) is 0.364. The van der Waals surface area contributed by atoms with Crippen LogP contribution in [0.25, 0.3) is 11.1 Å². The topological polar surface area (TPSA) is 84.1 Å². The van der Waals surface area contributed by atoms with Crippen molar-refractivity contribution in [2.24, 2.45) is 11.7 Å². The molecule has 1 aromatic heterocycles. The maximum Gasteiger partial charge on any atom is 0.417 e. The third-order valence-corrected chi connectivity index (χ3v) is 3.15. The summed E-state index contributed by atoms with van der Waals surface area (Å²) >= 11 is 0. The average molecular weight is 219 g/mol. The van der Waals surface area contributed by atoms with Gasteiger partial charge in [0.2, 0.25) is 0 Å². The quantitative estimate of drug-likeness (QED) is 0.680. The number of aromatic nitrogens is 1. The Labute approximate surface area is 91.6 Å². The van der Waals surface area contributed by atoms with Crippen LogP contribution < -0.4 is 16.8 Å². The van der Waals surface area contributed by atoms with Gasteiger partial charge in [-0.15, -0.1) is 0 Å². The molecular weight excluding hydrogens is 206 g/mol. The highest BCUT2D eigenvalue weighted by molar-refractivity contribution is 5.72. The smallest absolute Gasteiger partial charge is 0.408 e. The molecule has 84 valence electrons. The van der Waals surface area contributed by atoms with Crippen molar-refractivity contribution in [2.45, 2.75) is 6.04 Å². The van der Waals surface area contributed by atoms with Crippen LogP contribution in [0.5, 0.6) is 0 Å². The summed E-state index contributed by atoms with van der Waals surface area (Å²) in [7, 11) is 0. The average Bonchev–Trinajstić information content (AvgIpc) is 2.53. The molecule has 5 nitrogen and oxygen atoms in total. The summed E-state index contributed by atoms with van der Waals surface area (Å²) in [4.78, 5) is 13.6. The molecule has 1 atom stereocenters. The molecule has 4 N–H and O–H groups in total. The Hall–Kier alpha value is -1.59. The van der Waals surface area contributed by atoms with Gasteiger partial charge in [0.15, 0.2) is 5.58 Å². The lowest BCUT2D eigenvalue weighted by molar-refractivity contribution is 0.295. The van der Waals surface area contributed by atoms with Crippen molar-refractivity contribution in [3.8, 4) is 0 Å². The molecule has 2 aromatic rings. The number of nitrogens with two attached hydrogens (primary N) is 1. The van der Waals surface area contributed by atoms with E-state index in [-0.39, 0.29) is 6.04 Å². The number of fused-ring (bicyclic) bond motifs is 1. The van der Waals surface area contributed by atoms with Gasteiger partial charge in [0.1, 0.15) is 0 Å². The molecule has 2 heterocycles. The molecule has 0 radical (unpaired) electrons. The lowest BCUT2D eigenvalue weighted by atomic mass is 9.89. The van der Waals surface area contributed by atoms with Gasteiger partial charge in [-0.2, -0.15) is 0 Å². The molecule has 5 heteroatoms. The van der Waals surface area contributed by atoms with Crippen molar-refractivity contribution in [2.75, 3.05) is 13.1 Å². The molecule has 1 fully saturated rings. The second-order valence-electron chi connectivity index (χ2n) is 4.21. The fourth-order valence-corrected chi connectivity index (χ4v) is 2.01. The Bertz CT molecular complexity index is 568. The van der Waals surface area contributed by atoms with Crippen LogP contribution in [0, 0.1) is 5.92 Å². The second kappa shape index (κ2) is 3.47. The van der Waals surface area contributed by atoms with Crippen LogP contribution in [0.3, 0.4) is 0 Å². The molecule has 0 aliphatic carbocycles. The maximum atomic E-state index is 11.0. The van der Waals surface area contributed by atoms with Gasteiger partial charge in [-0.05, 0) is 17.7 Å². The van der Waals surface area contributed by atoms with Crippen LogP contribution in [-0.2, 0) is 0 Å². The number of nitrogens with one attached hydrogen (secondary N) is 2. The Morgan fingerprint density at radius 3 is 2.94 bits per heavy atom. The molecule has 1 aliphatic rings. The first kappa shape index (κ1) is 9.62. The van der Waals surface area contributed by atoms with Crippen molar-refractivity contribution in [1.82, 2.24) is 10.3 Å². The molecule has 0 spiro atoms. The minimum atomic E-state index is -0.425. The van der Waals surface area contributed by atoms with E-state index in [2.05, 4.69) is 10.3 Å². The maximum absolute atomic E-state index is 11.0. The highest BCUT2D eigenvalue weighted by Crippen LogP contribution is 2.24. The van der Waals surface area contributed by atoms with E-state index in [4.69, 9.17) is 10.2 Å². The van der Waals surface area contributed by atoms with Crippen LogP contribution in [-0.4, -0.2) is 18.1 Å². The van der Waals surface area contributed by atoms with E-state index < -0.39 is 5.76 Å². The summed E-state index contributed by atoms with van der Waals surface area (Å²) in [6.45, 7) is 1.91. The van der Waals surface area contributed by atoms with E-state index >= 15 is 0 Å². The minimum absolute atomic E-state index is 0.00542. The van der Waals surface area contributed by atoms with Gasteiger partial charge in [-0.3, -0.25) is 4.98 Å². The van der Waals surface area contributed by atoms with Crippen LogP contribution in [0.1, 0.15) is 11.6 Å². The van der Waals surface area contributed by atoms with Crippen molar-refractivity contribution < 1.29 is 4.42 Å². The largest absolute Gasteiger partial charge is 0.417 e. The number of H-pyrrole nitrogens is 1. The van der Waals surface area contributed by atoms with E-state index in [0.717, 1.165) is 18.7 Å². The molecule has 0 bridgehead atoms. The molecule has 1 unspecified atom stereocenters. The van der Waals surface area contributed by atoms with Gasteiger partial charge < -0.3 is 15.5 Å². The Balaban J connectivity index is 2.00. The Morgan fingerprint density at radius 1 is 1.44 bits per heavy atom. The summed E-state index contributed by atoms with van der Waals surface area (Å²) < 4.78 is 5.01. The van der Waals surface area contributed by atoms with Gasteiger partial charge >= 0.3 is 5.76 Å². The Kier molecular flexibility index (Phi) is 2.08.